The Morgan fingerprint density at radius 2 is 1.77 bits per heavy atom. The zero-order valence-corrected chi connectivity index (χ0v) is 12.0. The number of nitrogens with zero attached hydrogens (tertiary/aromatic N) is 2. The highest BCUT2D eigenvalue weighted by molar-refractivity contribution is 5.79. The Hall–Kier alpha value is -2.95. The maximum absolute atomic E-state index is 14.2. The van der Waals surface area contributed by atoms with Gasteiger partial charge in [0.1, 0.15) is 17.3 Å². The molecule has 2 N–H and O–H groups in total. The predicted molar refractivity (Wildman–Crippen MR) is 83.8 cm³/mol. The predicted octanol–water partition coefficient (Wildman–Crippen LogP) is 3.54. The molecule has 0 aliphatic rings. The van der Waals surface area contributed by atoms with Gasteiger partial charge in [-0.3, -0.25) is 0 Å². The molecule has 0 saturated heterocycles. The largest absolute Gasteiger partial charge is 0.496 e. The monoisotopic (exact) mass is 295 g/mol. The van der Waals surface area contributed by atoms with E-state index in [1.54, 1.807) is 18.2 Å². The van der Waals surface area contributed by atoms with E-state index in [4.69, 9.17) is 10.5 Å². The Balaban J connectivity index is 2.19. The van der Waals surface area contributed by atoms with Crippen LogP contribution in [-0.2, 0) is 0 Å². The Bertz CT molecular complexity index is 806. The molecule has 0 unspecified atom stereocenters. The van der Waals surface area contributed by atoms with Crippen LogP contribution in [0.3, 0.4) is 0 Å². The number of anilines is 1. The Labute approximate surface area is 127 Å². The lowest BCUT2D eigenvalue weighted by Gasteiger charge is -2.11. The van der Waals surface area contributed by atoms with Crippen molar-refractivity contribution in [1.29, 1.82) is 0 Å². The molecule has 0 radical (unpaired) electrons. The molecule has 1 heterocycles. The van der Waals surface area contributed by atoms with Crippen molar-refractivity contribution >= 4 is 5.82 Å². The van der Waals surface area contributed by atoms with Gasteiger partial charge in [-0.2, -0.15) is 0 Å². The minimum Gasteiger partial charge on any atom is -0.496 e. The number of hydrogen-bond acceptors (Lipinski definition) is 4. The van der Waals surface area contributed by atoms with E-state index in [9.17, 15) is 4.39 Å². The second-order valence-electron chi connectivity index (χ2n) is 4.71. The summed E-state index contributed by atoms with van der Waals surface area (Å²) in [4.78, 5) is 0. The van der Waals surface area contributed by atoms with Crippen LogP contribution in [0.4, 0.5) is 10.2 Å². The molecule has 22 heavy (non-hydrogen) atoms. The second kappa shape index (κ2) is 5.81. The first-order valence-electron chi connectivity index (χ1n) is 6.72. The van der Waals surface area contributed by atoms with Crippen molar-refractivity contribution in [2.75, 3.05) is 12.8 Å². The molecular formula is C17H14FN3O. The van der Waals surface area contributed by atoms with Gasteiger partial charge in [-0.15, -0.1) is 10.2 Å². The maximum Gasteiger partial charge on any atom is 0.154 e. The summed E-state index contributed by atoms with van der Waals surface area (Å²) in [6, 6.07) is 15.9. The molecule has 1 aromatic heterocycles. The molecule has 0 fully saturated rings. The van der Waals surface area contributed by atoms with Crippen LogP contribution in [0.2, 0.25) is 0 Å². The van der Waals surface area contributed by atoms with Crippen LogP contribution in [0.1, 0.15) is 0 Å². The first kappa shape index (κ1) is 14.0. The van der Waals surface area contributed by atoms with Crippen LogP contribution in [-0.4, -0.2) is 17.3 Å². The van der Waals surface area contributed by atoms with Gasteiger partial charge in [0.05, 0.1) is 12.7 Å². The Morgan fingerprint density at radius 1 is 1.00 bits per heavy atom. The molecule has 0 spiro atoms. The molecule has 5 heteroatoms. The fraction of sp³-hybridized carbons (Fsp3) is 0.0588. The van der Waals surface area contributed by atoms with Gasteiger partial charge < -0.3 is 10.5 Å². The van der Waals surface area contributed by atoms with Crippen molar-refractivity contribution in [2.45, 2.75) is 0 Å². The molecular weight excluding hydrogens is 281 g/mol. The average Bonchev–Trinajstić information content (AvgIpc) is 2.56. The molecule has 0 aliphatic carbocycles. The topological polar surface area (TPSA) is 61.0 Å². The third-order valence-corrected chi connectivity index (χ3v) is 3.36. The van der Waals surface area contributed by atoms with E-state index in [0.717, 1.165) is 5.56 Å². The number of methoxy groups -OCH3 is 1. The molecule has 3 rings (SSSR count). The average molecular weight is 295 g/mol. The quantitative estimate of drug-likeness (QED) is 0.803. The van der Waals surface area contributed by atoms with E-state index in [-0.39, 0.29) is 5.56 Å². The summed E-state index contributed by atoms with van der Waals surface area (Å²) < 4.78 is 19.4. The minimum atomic E-state index is -0.419. The van der Waals surface area contributed by atoms with E-state index in [1.807, 2.05) is 30.3 Å². The van der Waals surface area contributed by atoms with Gasteiger partial charge in [0.2, 0.25) is 0 Å². The van der Waals surface area contributed by atoms with Crippen LogP contribution in [0.25, 0.3) is 22.4 Å². The summed E-state index contributed by atoms with van der Waals surface area (Å²) in [5.41, 5.74) is 8.16. The van der Waals surface area contributed by atoms with Crippen molar-refractivity contribution in [3.8, 4) is 28.1 Å². The number of hydrogen-bond donors (Lipinski definition) is 1. The molecule has 110 valence electrons. The van der Waals surface area contributed by atoms with Crippen LogP contribution >= 0.6 is 0 Å². The van der Waals surface area contributed by atoms with Gasteiger partial charge in [-0.25, -0.2) is 4.39 Å². The van der Waals surface area contributed by atoms with Crippen molar-refractivity contribution in [3.63, 3.8) is 0 Å². The van der Waals surface area contributed by atoms with E-state index < -0.39 is 5.82 Å². The van der Waals surface area contributed by atoms with E-state index in [0.29, 0.717) is 22.8 Å². The van der Waals surface area contributed by atoms with E-state index >= 15 is 0 Å². The fourth-order valence-corrected chi connectivity index (χ4v) is 2.30. The molecule has 0 atom stereocenters. The van der Waals surface area contributed by atoms with Crippen molar-refractivity contribution in [1.82, 2.24) is 10.2 Å². The Kier molecular flexibility index (Phi) is 3.70. The van der Waals surface area contributed by atoms with E-state index in [2.05, 4.69) is 10.2 Å². The van der Waals surface area contributed by atoms with Crippen molar-refractivity contribution in [2.24, 2.45) is 0 Å². The van der Waals surface area contributed by atoms with Crippen LogP contribution < -0.4 is 10.5 Å². The minimum absolute atomic E-state index is 0.273. The number of rotatable bonds is 3. The summed E-state index contributed by atoms with van der Waals surface area (Å²) in [5, 5.41) is 7.96. The van der Waals surface area contributed by atoms with Gasteiger partial charge in [0.25, 0.3) is 0 Å². The summed E-state index contributed by atoms with van der Waals surface area (Å²) >= 11 is 0. The molecule has 3 aromatic rings. The summed E-state index contributed by atoms with van der Waals surface area (Å²) in [5.74, 6) is 0.278. The maximum atomic E-state index is 14.2. The second-order valence-corrected chi connectivity index (χ2v) is 4.71. The number of aromatic nitrogens is 2. The number of benzene rings is 2. The number of nitrogen functional groups attached to an aromatic ring is 1. The number of ether oxygens (including phenoxy) is 1. The molecule has 2 aromatic carbocycles. The van der Waals surface area contributed by atoms with Gasteiger partial charge >= 0.3 is 0 Å². The zero-order valence-electron chi connectivity index (χ0n) is 12.0. The highest BCUT2D eigenvalue weighted by Gasteiger charge is 2.15. The zero-order chi connectivity index (χ0) is 15.5. The van der Waals surface area contributed by atoms with Gasteiger partial charge in [0.15, 0.2) is 5.82 Å². The molecule has 0 saturated carbocycles. The fourth-order valence-electron chi connectivity index (χ4n) is 2.30. The molecule has 0 aliphatic heterocycles. The lowest BCUT2D eigenvalue weighted by molar-refractivity contribution is 0.413. The van der Waals surface area contributed by atoms with Gasteiger partial charge in [0, 0.05) is 5.56 Å². The van der Waals surface area contributed by atoms with Crippen LogP contribution in [0.15, 0.2) is 54.6 Å². The first-order chi connectivity index (χ1) is 10.7. The highest BCUT2D eigenvalue weighted by Crippen LogP contribution is 2.34. The van der Waals surface area contributed by atoms with Gasteiger partial charge in [-0.05, 0) is 23.8 Å². The molecule has 0 amide bonds. The van der Waals surface area contributed by atoms with Gasteiger partial charge in [-0.1, -0.05) is 36.4 Å². The summed E-state index contributed by atoms with van der Waals surface area (Å²) in [7, 11) is 1.49. The van der Waals surface area contributed by atoms with Crippen molar-refractivity contribution < 1.29 is 9.13 Å². The standard InChI is InChI=1S/C17H14FN3O/c1-22-15-9-5-8-13(18)16(15)14-10-12(17(19)21-20-14)11-6-3-2-4-7-11/h2-10H,1H3,(H2,19,21). The molecule has 0 bridgehead atoms. The lowest BCUT2D eigenvalue weighted by Crippen LogP contribution is -2.00. The number of halogens is 1. The lowest BCUT2D eigenvalue weighted by atomic mass is 10.0. The SMILES string of the molecule is COc1cccc(F)c1-c1cc(-c2ccccc2)c(N)nn1. The third kappa shape index (κ3) is 2.48. The normalized spacial score (nSPS) is 10.5. The first-order valence-corrected chi connectivity index (χ1v) is 6.72. The summed E-state index contributed by atoms with van der Waals surface area (Å²) in [6.07, 6.45) is 0. The van der Waals surface area contributed by atoms with Crippen LogP contribution in [0.5, 0.6) is 5.75 Å². The third-order valence-electron chi connectivity index (χ3n) is 3.36. The van der Waals surface area contributed by atoms with E-state index in [1.165, 1.54) is 13.2 Å². The molecule has 4 nitrogen and oxygen atoms in total. The van der Waals surface area contributed by atoms with Crippen molar-refractivity contribution in [3.05, 3.63) is 60.4 Å². The summed E-state index contributed by atoms with van der Waals surface area (Å²) in [6.45, 7) is 0. The highest BCUT2D eigenvalue weighted by atomic mass is 19.1. The number of nitrogens with two attached hydrogens (primary N) is 1. The van der Waals surface area contributed by atoms with Crippen LogP contribution in [0, 0.1) is 5.82 Å². The smallest absolute Gasteiger partial charge is 0.154 e. The Morgan fingerprint density at radius 3 is 2.50 bits per heavy atom.